The molecule has 0 fully saturated rings. The highest BCUT2D eigenvalue weighted by atomic mass is 33.1. The Bertz CT molecular complexity index is 216. The van der Waals surface area contributed by atoms with Crippen molar-refractivity contribution in [2.75, 3.05) is 19.3 Å². The van der Waals surface area contributed by atoms with Crippen LogP contribution in [0.3, 0.4) is 0 Å². The molecule has 4 heteroatoms. The maximum absolute atomic E-state index is 4.22. The third-order valence-corrected chi connectivity index (χ3v) is 3.79. The van der Waals surface area contributed by atoms with E-state index in [0.29, 0.717) is 0 Å². The van der Waals surface area contributed by atoms with Crippen molar-refractivity contribution >= 4 is 21.6 Å². The first kappa shape index (κ1) is 10.9. The first-order valence-electron chi connectivity index (χ1n) is 4.28. The van der Waals surface area contributed by atoms with E-state index in [1.807, 2.05) is 42.2 Å². The van der Waals surface area contributed by atoms with Crippen molar-refractivity contribution in [1.82, 2.24) is 10.3 Å². The molecule has 1 rings (SSSR count). The molecule has 1 N–H and O–H groups in total. The normalized spacial score (nSPS) is 10.2. The molecular weight excluding hydrogens is 200 g/mol. The minimum absolute atomic E-state index is 1.09. The average Bonchev–Trinajstić information content (AvgIpc) is 2.19. The van der Waals surface area contributed by atoms with Crippen LogP contribution in [0.2, 0.25) is 0 Å². The molecule has 1 aromatic heterocycles. The van der Waals surface area contributed by atoms with Gasteiger partial charge >= 0.3 is 0 Å². The molecular formula is C9H14N2S2. The average molecular weight is 214 g/mol. The number of aromatic nitrogens is 1. The predicted molar refractivity (Wildman–Crippen MR) is 61.1 cm³/mol. The van der Waals surface area contributed by atoms with E-state index in [1.54, 1.807) is 10.8 Å². The predicted octanol–water partition coefficient (Wildman–Crippen LogP) is 2.43. The summed E-state index contributed by atoms with van der Waals surface area (Å²) in [5.41, 5.74) is 0. The SMILES string of the molecule is CNCCCSSc1ccccn1. The topological polar surface area (TPSA) is 24.9 Å². The zero-order valence-corrected chi connectivity index (χ0v) is 9.33. The maximum atomic E-state index is 4.22. The first-order valence-corrected chi connectivity index (χ1v) is 6.60. The fourth-order valence-corrected chi connectivity index (χ4v) is 2.77. The van der Waals surface area contributed by atoms with E-state index in [0.717, 1.165) is 11.6 Å². The molecule has 1 heterocycles. The van der Waals surface area contributed by atoms with Gasteiger partial charge in [-0.15, -0.1) is 0 Å². The quantitative estimate of drug-likeness (QED) is 0.581. The molecule has 0 aliphatic rings. The lowest BCUT2D eigenvalue weighted by molar-refractivity contribution is 0.779. The standard InChI is InChI=1S/C9H14N2S2/c1-10-6-4-8-12-13-9-5-2-3-7-11-9/h2-3,5,7,10H,4,6,8H2,1H3. The molecule has 0 radical (unpaired) electrons. The second-order valence-electron chi connectivity index (χ2n) is 2.53. The third kappa shape index (κ3) is 5.18. The van der Waals surface area contributed by atoms with Crippen molar-refractivity contribution in [1.29, 1.82) is 0 Å². The minimum atomic E-state index is 1.09. The summed E-state index contributed by atoms with van der Waals surface area (Å²) in [6, 6.07) is 5.99. The number of rotatable bonds is 6. The van der Waals surface area contributed by atoms with Gasteiger partial charge in [0.15, 0.2) is 0 Å². The molecule has 0 saturated heterocycles. The molecule has 2 nitrogen and oxygen atoms in total. The Morgan fingerprint density at radius 1 is 1.46 bits per heavy atom. The molecule has 0 aliphatic heterocycles. The second-order valence-corrected chi connectivity index (χ2v) is 4.97. The van der Waals surface area contributed by atoms with E-state index in [2.05, 4.69) is 10.3 Å². The Hall–Kier alpha value is -0.190. The van der Waals surface area contributed by atoms with Crippen LogP contribution in [-0.2, 0) is 0 Å². The van der Waals surface area contributed by atoms with Crippen LogP contribution < -0.4 is 5.32 Å². The molecule has 0 saturated carbocycles. The zero-order valence-electron chi connectivity index (χ0n) is 7.69. The lowest BCUT2D eigenvalue weighted by atomic mass is 10.5. The summed E-state index contributed by atoms with van der Waals surface area (Å²) in [6.45, 7) is 1.09. The lowest BCUT2D eigenvalue weighted by Crippen LogP contribution is -2.07. The molecule has 0 unspecified atom stereocenters. The van der Waals surface area contributed by atoms with E-state index in [4.69, 9.17) is 0 Å². The van der Waals surface area contributed by atoms with Gasteiger partial charge in [0.05, 0.1) is 0 Å². The van der Waals surface area contributed by atoms with Crippen molar-refractivity contribution in [3.8, 4) is 0 Å². The van der Waals surface area contributed by atoms with Gasteiger partial charge in [-0.05, 0) is 42.9 Å². The summed E-state index contributed by atoms with van der Waals surface area (Å²) in [5, 5.41) is 4.22. The number of hydrogen-bond acceptors (Lipinski definition) is 4. The van der Waals surface area contributed by atoms with E-state index in [9.17, 15) is 0 Å². The highest BCUT2D eigenvalue weighted by Gasteiger charge is 1.93. The highest BCUT2D eigenvalue weighted by molar-refractivity contribution is 8.76. The Balaban J connectivity index is 2.07. The van der Waals surface area contributed by atoms with Crippen LogP contribution in [0.4, 0.5) is 0 Å². The second kappa shape index (κ2) is 7.24. The van der Waals surface area contributed by atoms with Crippen LogP contribution >= 0.6 is 21.6 Å². The fraction of sp³-hybridized carbons (Fsp3) is 0.444. The fourth-order valence-electron chi connectivity index (χ4n) is 0.806. The summed E-state index contributed by atoms with van der Waals surface area (Å²) in [6.07, 6.45) is 3.04. The Morgan fingerprint density at radius 2 is 2.38 bits per heavy atom. The summed E-state index contributed by atoms with van der Waals surface area (Å²) < 4.78 is 0. The minimum Gasteiger partial charge on any atom is -0.320 e. The van der Waals surface area contributed by atoms with Crippen molar-refractivity contribution in [3.63, 3.8) is 0 Å². The van der Waals surface area contributed by atoms with Gasteiger partial charge in [-0.25, -0.2) is 4.98 Å². The summed E-state index contributed by atoms with van der Waals surface area (Å²) in [5.74, 6) is 1.17. The monoisotopic (exact) mass is 214 g/mol. The van der Waals surface area contributed by atoms with Crippen LogP contribution in [0.25, 0.3) is 0 Å². The summed E-state index contributed by atoms with van der Waals surface area (Å²) >= 11 is 0. The van der Waals surface area contributed by atoms with E-state index in [1.165, 1.54) is 12.2 Å². The summed E-state index contributed by atoms with van der Waals surface area (Å²) in [7, 11) is 5.59. The first-order chi connectivity index (χ1) is 6.43. The van der Waals surface area contributed by atoms with Crippen LogP contribution in [0.15, 0.2) is 29.4 Å². The van der Waals surface area contributed by atoms with Gasteiger partial charge < -0.3 is 5.32 Å². The van der Waals surface area contributed by atoms with Gasteiger partial charge in [-0.2, -0.15) is 0 Å². The van der Waals surface area contributed by atoms with Crippen LogP contribution in [0.5, 0.6) is 0 Å². The number of nitrogens with zero attached hydrogens (tertiary/aromatic N) is 1. The van der Waals surface area contributed by atoms with E-state index in [-0.39, 0.29) is 0 Å². The third-order valence-electron chi connectivity index (χ3n) is 1.44. The van der Waals surface area contributed by atoms with Crippen molar-refractivity contribution in [2.45, 2.75) is 11.4 Å². The van der Waals surface area contributed by atoms with E-state index >= 15 is 0 Å². The molecule has 0 spiro atoms. The van der Waals surface area contributed by atoms with Gasteiger partial charge in [0.2, 0.25) is 0 Å². The highest BCUT2D eigenvalue weighted by Crippen LogP contribution is 2.28. The zero-order chi connectivity index (χ0) is 9.36. The lowest BCUT2D eigenvalue weighted by Gasteiger charge is -1.99. The number of nitrogens with one attached hydrogen (secondary N) is 1. The molecule has 0 aromatic carbocycles. The van der Waals surface area contributed by atoms with Gasteiger partial charge in [-0.3, -0.25) is 0 Å². The van der Waals surface area contributed by atoms with Gasteiger partial charge in [-0.1, -0.05) is 16.9 Å². The molecule has 0 atom stereocenters. The largest absolute Gasteiger partial charge is 0.320 e. The van der Waals surface area contributed by atoms with Crippen LogP contribution in [0, 0.1) is 0 Å². The number of pyridine rings is 1. The molecule has 0 bridgehead atoms. The molecule has 13 heavy (non-hydrogen) atoms. The molecule has 1 aromatic rings. The molecule has 72 valence electrons. The van der Waals surface area contributed by atoms with Crippen LogP contribution in [0.1, 0.15) is 6.42 Å². The molecule has 0 amide bonds. The number of hydrogen-bond donors (Lipinski definition) is 1. The van der Waals surface area contributed by atoms with Crippen molar-refractivity contribution in [2.24, 2.45) is 0 Å². The Kier molecular flexibility index (Phi) is 6.06. The maximum Gasteiger partial charge on any atom is 0.106 e. The van der Waals surface area contributed by atoms with Crippen LogP contribution in [-0.4, -0.2) is 24.3 Å². The van der Waals surface area contributed by atoms with Gasteiger partial charge in [0, 0.05) is 11.9 Å². The smallest absolute Gasteiger partial charge is 0.106 e. The summed E-state index contributed by atoms with van der Waals surface area (Å²) in [4.78, 5) is 4.22. The van der Waals surface area contributed by atoms with Crippen molar-refractivity contribution < 1.29 is 0 Å². The van der Waals surface area contributed by atoms with Gasteiger partial charge in [0.25, 0.3) is 0 Å². The Labute approximate surface area is 87.3 Å². The molecule has 0 aliphatic carbocycles. The van der Waals surface area contributed by atoms with E-state index < -0.39 is 0 Å². The Morgan fingerprint density at radius 3 is 3.08 bits per heavy atom. The van der Waals surface area contributed by atoms with Crippen molar-refractivity contribution in [3.05, 3.63) is 24.4 Å². The van der Waals surface area contributed by atoms with Gasteiger partial charge in [0.1, 0.15) is 5.03 Å².